The lowest BCUT2D eigenvalue weighted by atomic mass is 10.1. The van der Waals surface area contributed by atoms with E-state index in [-0.39, 0.29) is 11.6 Å². The fourth-order valence-electron chi connectivity index (χ4n) is 2.90. The number of hydrogen-bond donors (Lipinski definition) is 2. The van der Waals surface area contributed by atoms with Crippen LogP contribution < -0.4 is 5.73 Å². The summed E-state index contributed by atoms with van der Waals surface area (Å²) in [6, 6.07) is 3.45. The Morgan fingerprint density at radius 2 is 2.40 bits per heavy atom. The highest BCUT2D eigenvalue weighted by Crippen LogP contribution is 2.28. The lowest BCUT2D eigenvalue weighted by Crippen LogP contribution is -2.19. The summed E-state index contributed by atoms with van der Waals surface area (Å²) in [5.74, 6) is 0.0946. The molecule has 2 aromatic rings. The van der Waals surface area contributed by atoms with Crippen molar-refractivity contribution in [2.24, 2.45) is 0 Å². The summed E-state index contributed by atoms with van der Waals surface area (Å²) >= 11 is 0. The van der Waals surface area contributed by atoms with Crippen molar-refractivity contribution in [3.8, 4) is 0 Å². The number of carboxylic acid groups (broad SMARTS) is 1. The van der Waals surface area contributed by atoms with Crippen LogP contribution in [0.3, 0.4) is 0 Å². The maximum atomic E-state index is 11.3. The van der Waals surface area contributed by atoms with Crippen molar-refractivity contribution in [2.75, 3.05) is 25.4 Å². The van der Waals surface area contributed by atoms with Gasteiger partial charge < -0.3 is 20.1 Å². The minimum atomic E-state index is -1.01. The number of hydrogen-bond acceptors (Lipinski definition) is 4. The van der Waals surface area contributed by atoms with E-state index in [0.29, 0.717) is 11.2 Å². The van der Waals surface area contributed by atoms with E-state index in [9.17, 15) is 9.90 Å². The molecule has 0 bridgehead atoms. The summed E-state index contributed by atoms with van der Waals surface area (Å²) in [5.41, 5.74) is 6.96. The Morgan fingerprint density at radius 1 is 1.60 bits per heavy atom. The second-order valence-corrected chi connectivity index (χ2v) is 5.22. The molecule has 0 saturated carbocycles. The molecule has 0 radical (unpaired) electrons. The fourth-order valence-corrected chi connectivity index (χ4v) is 2.90. The average molecular weight is 274 g/mol. The highest BCUT2D eigenvalue weighted by Gasteiger charge is 2.28. The largest absolute Gasteiger partial charge is 0.476 e. The van der Waals surface area contributed by atoms with Gasteiger partial charge in [0.25, 0.3) is 0 Å². The zero-order valence-corrected chi connectivity index (χ0v) is 11.4. The van der Waals surface area contributed by atoms with E-state index in [0.717, 1.165) is 31.9 Å². The van der Waals surface area contributed by atoms with Gasteiger partial charge in [0.1, 0.15) is 5.82 Å². The van der Waals surface area contributed by atoms with E-state index in [4.69, 9.17) is 5.73 Å². The maximum absolute atomic E-state index is 11.3. The molecule has 1 fully saturated rings. The van der Waals surface area contributed by atoms with Crippen LogP contribution in [-0.2, 0) is 0 Å². The van der Waals surface area contributed by atoms with Gasteiger partial charge in [-0.05, 0) is 31.6 Å². The molecule has 0 aromatic carbocycles. The number of nitrogen functional groups attached to an aromatic ring is 1. The minimum absolute atomic E-state index is 0.0854. The Hall–Kier alpha value is -2.08. The number of carbonyl (C=O) groups is 1. The number of imidazole rings is 1. The number of likely N-dealkylation sites (tertiary alicyclic amines) is 1. The Balaban J connectivity index is 2.10. The van der Waals surface area contributed by atoms with Crippen molar-refractivity contribution in [3.63, 3.8) is 0 Å². The number of aromatic carboxylic acids is 1. The van der Waals surface area contributed by atoms with E-state index in [1.165, 1.54) is 0 Å². The lowest BCUT2D eigenvalue weighted by Gasteiger charge is -2.12. The number of anilines is 1. The molecule has 2 aromatic heterocycles. The molecule has 0 aliphatic carbocycles. The van der Waals surface area contributed by atoms with Crippen molar-refractivity contribution in [2.45, 2.75) is 19.3 Å². The predicted octanol–water partition coefficient (Wildman–Crippen LogP) is 1.42. The number of nitrogens with zero attached hydrogens (tertiary/aromatic N) is 3. The molecule has 20 heavy (non-hydrogen) atoms. The van der Waals surface area contributed by atoms with Gasteiger partial charge in [-0.15, -0.1) is 0 Å². The van der Waals surface area contributed by atoms with Gasteiger partial charge in [0, 0.05) is 24.3 Å². The highest BCUT2D eigenvalue weighted by molar-refractivity contribution is 5.94. The fraction of sp³-hybridized carbons (Fsp3) is 0.429. The van der Waals surface area contributed by atoms with Crippen molar-refractivity contribution >= 4 is 17.2 Å². The summed E-state index contributed by atoms with van der Waals surface area (Å²) in [5, 5.41) is 9.30. The number of fused-ring (bicyclic) bond motifs is 1. The van der Waals surface area contributed by atoms with Crippen LogP contribution in [0.25, 0.3) is 5.52 Å². The number of likely N-dealkylation sites (N-methyl/N-ethyl adjacent to an activating group) is 1. The van der Waals surface area contributed by atoms with E-state index in [1.807, 2.05) is 10.6 Å². The van der Waals surface area contributed by atoms with Crippen molar-refractivity contribution in [1.82, 2.24) is 14.3 Å². The smallest absolute Gasteiger partial charge is 0.356 e. The first-order valence-electron chi connectivity index (χ1n) is 6.83. The number of pyridine rings is 1. The molecule has 6 nitrogen and oxygen atoms in total. The molecule has 1 aliphatic rings. The van der Waals surface area contributed by atoms with Crippen molar-refractivity contribution < 1.29 is 9.90 Å². The molecule has 1 saturated heterocycles. The third-order valence-corrected chi connectivity index (χ3v) is 3.98. The van der Waals surface area contributed by atoms with Crippen molar-refractivity contribution in [3.05, 3.63) is 29.8 Å². The highest BCUT2D eigenvalue weighted by atomic mass is 16.4. The van der Waals surface area contributed by atoms with E-state index >= 15 is 0 Å². The summed E-state index contributed by atoms with van der Waals surface area (Å²) < 4.78 is 1.86. The quantitative estimate of drug-likeness (QED) is 0.884. The van der Waals surface area contributed by atoms with Gasteiger partial charge in [-0.25, -0.2) is 9.78 Å². The zero-order chi connectivity index (χ0) is 14.3. The summed E-state index contributed by atoms with van der Waals surface area (Å²) in [4.78, 5) is 18.1. The predicted molar refractivity (Wildman–Crippen MR) is 76.0 cm³/mol. The van der Waals surface area contributed by atoms with Gasteiger partial charge in [0.15, 0.2) is 5.69 Å². The molecule has 106 valence electrons. The van der Waals surface area contributed by atoms with Gasteiger partial charge >= 0.3 is 5.97 Å². The summed E-state index contributed by atoms with van der Waals surface area (Å²) in [6.45, 7) is 5.11. The molecule has 3 heterocycles. The SMILES string of the molecule is CCN1CCC(c2nc(C(=O)O)c3cc(N)ccn23)C1. The molecule has 0 amide bonds. The van der Waals surface area contributed by atoms with Gasteiger partial charge in [0.05, 0.1) is 5.52 Å². The van der Waals surface area contributed by atoms with E-state index in [1.54, 1.807) is 12.1 Å². The Kier molecular flexibility index (Phi) is 3.10. The van der Waals surface area contributed by atoms with Crippen LogP contribution in [0.15, 0.2) is 18.3 Å². The molecule has 1 unspecified atom stereocenters. The number of aromatic nitrogens is 2. The summed E-state index contributed by atoms with van der Waals surface area (Å²) in [7, 11) is 0. The first-order valence-corrected chi connectivity index (χ1v) is 6.83. The first kappa shape index (κ1) is 12.9. The maximum Gasteiger partial charge on any atom is 0.356 e. The normalized spacial score (nSPS) is 19.8. The van der Waals surface area contributed by atoms with Gasteiger partial charge in [-0.1, -0.05) is 6.92 Å². The molecule has 6 heteroatoms. The zero-order valence-electron chi connectivity index (χ0n) is 11.4. The van der Waals surface area contributed by atoms with E-state index < -0.39 is 5.97 Å². The molecule has 3 N–H and O–H groups in total. The summed E-state index contributed by atoms with van der Waals surface area (Å²) in [6.07, 6.45) is 2.82. The Labute approximate surface area is 116 Å². The van der Waals surface area contributed by atoms with Gasteiger partial charge in [0.2, 0.25) is 0 Å². The molecule has 1 aliphatic heterocycles. The second-order valence-electron chi connectivity index (χ2n) is 5.22. The monoisotopic (exact) mass is 274 g/mol. The van der Waals surface area contributed by atoms with Crippen LogP contribution in [0, 0.1) is 0 Å². The molecular weight excluding hydrogens is 256 g/mol. The minimum Gasteiger partial charge on any atom is -0.476 e. The molecule has 1 atom stereocenters. The third-order valence-electron chi connectivity index (χ3n) is 3.98. The average Bonchev–Trinajstić information content (AvgIpc) is 3.01. The lowest BCUT2D eigenvalue weighted by molar-refractivity contribution is 0.0693. The topological polar surface area (TPSA) is 83.9 Å². The number of nitrogens with two attached hydrogens (primary N) is 1. The number of rotatable bonds is 3. The first-order chi connectivity index (χ1) is 9.60. The third kappa shape index (κ3) is 2.02. The molecule has 0 spiro atoms. The Bertz CT molecular complexity index is 664. The van der Waals surface area contributed by atoms with Crippen LogP contribution in [0.2, 0.25) is 0 Å². The molecule has 3 rings (SSSR count). The Morgan fingerprint density at radius 3 is 3.05 bits per heavy atom. The second kappa shape index (κ2) is 4.79. The molecular formula is C14H18N4O2. The standard InChI is InChI=1S/C14H18N4O2/c1-2-17-5-3-9(8-17)13-16-12(14(19)20)11-7-10(15)4-6-18(11)13/h4,6-7,9H,2-3,5,8,15H2,1H3,(H,19,20). The van der Waals surface area contributed by atoms with Crippen LogP contribution >= 0.6 is 0 Å². The number of carboxylic acids is 1. The van der Waals surface area contributed by atoms with Crippen LogP contribution in [0.1, 0.15) is 35.6 Å². The van der Waals surface area contributed by atoms with Crippen LogP contribution in [0.5, 0.6) is 0 Å². The van der Waals surface area contributed by atoms with Crippen LogP contribution in [0.4, 0.5) is 5.69 Å². The van der Waals surface area contributed by atoms with E-state index in [2.05, 4.69) is 16.8 Å². The van der Waals surface area contributed by atoms with Gasteiger partial charge in [-0.3, -0.25) is 0 Å². The van der Waals surface area contributed by atoms with Crippen molar-refractivity contribution in [1.29, 1.82) is 0 Å². The van der Waals surface area contributed by atoms with Crippen LogP contribution in [-0.4, -0.2) is 45.0 Å². The van der Waals surface area contributed by atoms with Gasteiger partial charge in [-0.2, -0.15) is 0 Å².